The zero-order valence-electron chi connectivity index (χ0n) is 15.8. The van der Waals surface area contributed by atoms with E-state index in [-0.39, 0.29) is 5.54 Å². The van der Waals surface area contributed by atoms with Crippen LogP contribution in [0.25, 0.3) is 0 Å². The van der Waals surface area contributed by atoms with Gasteiger partial charge in [-0.3, -0.25) is 9.89 Å². The van der Waals surface area contributed by atoms with Gasteiger partial charge < -0.3 is 20.5 Å². The van der Waals surface area contributed by atoms with Gasteiger partial charge in [-0.25, -0.2) is 0 Å². The van der Waals surface area contributed by atoms with Gasteiger partial charge in [-0.15, -0.1) is 11.3 Å². The first-order valence-electron chi connectivity index (χ1n) is 8.96. The first-order chi connectivity index (χ1) is 11.8. The van der Waals surface area contributed by atoms with Crippen molar-refractivity contribution in [1.29, 1.82) is 0 Å². The molecule has 1 aliphatic rings. The minimum Gasteiger partial charge on any atom is -0.383 e. The largest absolute Gasteiger partial charge is 0.383 e. The van der Waals surface area contributed by atoms with Crippen molar-refractivity contribution < 1.29 is 9.84 Å². The van der Waals surface area contributed by atoms with E-state index in [1.54, 1.807) is 11.3 Å². The Morgan fingerprint density at radius 2 is 2.04 bits per heavy atom. The summed E-state index contributed by atoms with van der Waals surface area (Å²) in [5.41, 5.74) is -0.938. The number of nitrogens with zero attached hydrogens (tertiary/aromatic N) is 2. The molecule has 1 aromatic heterocycles. The fourth-order valence-corrected chi connectivity index (χ4v) is 3.60. The summed E-state index contributed by atoms with van der Waals surface area (Å²) in [5, 5.41) is 19.2. The van der Waals surface area contributed by atoms with Gasteiger partial charge in [-0.05, 0) is 39.1 Å². The number of morpholine rings is 1. The molecule has 6 nitrogen and oxygen atoms in total. The average Bonchev–Trinajstić information content (AvgIpc) is 3.14. The minimum atomic E-state index is -0.913. The van der Waals surface area contributed by atoms with Crippen LogP contribution in [0, 0.1) is 0 Å². The molecule has 1 aromatic rings. The SMILES string of the molecule is CCNC(=NCC(C)(C)N1CCOCC1)NCC(C)(O)c1cccs1. The predicted octanol–water partition coefficient (Wildman–Crippen LogP) is 1.62. The van der Waals surface area contributed by atoms with Crippen LogP contribution in [0.2, 0.25) is 0 Å². The summed E-state index contributed by atoms with van der Waals surface area (Å²) in [5.74, 6) is 0.737. The Hall–Kier alpha value is -1.15. The van der Waals surface area contributed by atoms with Gasteiger partial charge in [0.05, 0.1) is 26.3 Å². The lowest BCUT2D eigenvalue weighted by Gasteiger charge is -2.40. The first-order valence-corrected chi connectivity index (χ1v) is 9.84. The van der Waals surface area contributed by atoms with Crippen molar-refractivity contribution in [3.8, 4) is 0 Å². The molecule has 25 heavy (non-hydrogen) atoms. The van der Waals surface area contributed by atoms with Crippen LogP contribution in [0.15, 0.2) is 22.5 Å². The molecule has 0 radical (unpaired) electrons. The topological polar surface area (TPSA) is 69.1 Å². The number of thiophene rings is 1. The fourth-order valence-electron chi connectivity index (χ4n) is 2.81. The number of guanidine groups is 1. The molecule has 0 spiro atoms. The van der Waals surface area contributed by atoms with Crippen molar-refractivity contribution in [2.45, 2.75) is 38.8 Å². The number of hydrogen-bond acceptors (Lipinski definition) is 5. The maximum atomic E-state index is 10.7. The van der Waals surface area contributed by atoms with Crippen LogP contribution in [0.3, 0.4) is 0 Å². The molecule has 2 heterocycles. The molecule has 1 atom stereocenters. The van der Waals surface area contributed by atoms with E-state index in [2.05, 4.69) is 29.4 Å². The lowest BCUT2D eigenvalue weighted by Crippen LogP contribution is -2.52. The van der Waals surface area contributed by atoms with Crippen molar-refractivity contribution in [2.75, 3.05) is 45.9 Å². The van der Waals surface area contributed by atoms with Gasteiger partial charge in [0.25, 0.3) is 0 Å². The highest BCUT2D eigenvalue weighted by Gasteiger charge is 2.28. The molecule has 0 bridgehead atoms. The number of aliphatic imine (C=N–C) groups is 1. The lowest BCUT2D eigenvalue weighted by atomic mass is 10.0. The second kappa shape index (κ2) is 8.98. The molecule has 1 aliphatic heterocycles. The zero-order chi connectivity index (χ0) is 18.3. The highest BCUT2D eigenvalue weighted by molar-refractivity contribution is 7.10. The maximum Gasteiger partial charge on any atom is 0.191 e. The van der Waals surface area contributed by atoms with Crippen LogP contribution < -0.4 is 10.6 Å². The number of hydrogen-bond donors (Lipinski definition) is 3. The molecule has 3 N–H and O–H groups in total. The number of ether oxygens (including phenoxy) is 1. The van der Waals surface area contributed by atoms with Gasteiger partial charge in [0, 0.05) is 30.1 Å². The summed E-state index contributed by atoms with van der Waals surface area (Å²) in [7, 11) is 0. The van der Waals surface area contributed by atoms with Crippen molar-refractivity contribution in [3.63, 3.8) is 0 Å². The third-order valence-electron chi connectivity index (χ3n) is 4.49. The molecule has 7 heteroatoms. The first kappa shape index (κ1) is 20.2. The van der Waals surface area contributed by atoms with E-state index in [0.29, 0.717) is 13.1 Å². The monoisotopic (exact) mass is 368 g/mol. The summed E-state index contributed by atoms with van der Waals surface area (Å²) in [6.07, 6.45) is 0. The van der Waals surface area contributed by atoms with Gasteiger partial charge in [0.1, 0.15) is 5.60 Å². The van der Waals surface area contributed by atoms with Crippen LogP contribution in [0.1, 0.15) is 32.6 Å². The fraction of sp³-hybridized carbons (Fsp3) is 0.722. The van der Waals surface area contributed by atoms with E-state index < -0.39 is 5.60 Å². The number of aliphatic hydroxyl groups is 1. The molecule has 1 saturated heterocycles. The second-order valence-electron chi connectivity index (χ2n) is 7.21. The standard InChI is InChI=1S/C18H32N4O2S/c1-5-19-16(21-14-18(4,23)15-7-6-12-25-15)20-13-17(2,3)22-8-10-24-11-9-22/h6-7,12,23H,5,8-11,13-14H2,1-4H3,(H2,19,20,21). The highest BCUT2D eigenvalue weighted by atomic mass is 32.1. The summed E-state index contributed by atoms with van der Waals surface area (Å²) in [4.78, 5) is 8.12. The minimum absolute atomic E-state index is 0.0254. The summed E-state index contributed by atoms with van der Waals surface area (Å²) < 4.78 is 5.44. The van der Waals surface area contributed by atoms with Gasteiger partial charge in [0.2, 0.25) is 0 Å². The molecular formula is C18H32N4O2S. The Kier molecular flexibility index (Phi) is 7.25. The number of rotatable bonds is 7. The lowest BCUT2D eigenvalue weighted by molar-refractivity contribution is -0.00685. The third-order valence-corrected chi connectivity index (χ3v) is 5.61. The maximum absolute atomic E-state index is 10.7. The summed E-state index contributed by atoms with van der Waals surface area (Å²) >= 11 is 1.56. The third kappa shape index (κ3) is 5.95. The van der Waals surface area contributed by atoms with Gasteiger partial charge in [0.15, 0.2) is 5.96 Å². The van der Waals surface area contributed by atoms with Crippen LogP contribution >= 0.6 is 11.3 Å². The van der Waals surface area contributed by atoms with Crippen LogP contribution in [-0.4, -0.2) is 67.4 Å². The van der Waals surface area contributed by atoms with Crippen LogP contribution in [0.4, 0.5) is 0 Å². The Balaban J connectivity index is 1.95. The molecule has 1 unspecified atom stereocenters. The van der Waals surface area contributed by atoms with E-state index in [4.69, 9.17) is 9.73 Å². The molecule has 0 aromatic carbocycles. The molecule has 0 saturated carbocycles. The Labute approximate surface area is 155 Å². The van der Waals surface area contributed by atoms with Crippen molar-refractivity contribution in [3.05, 3.63) is 22.4 Å². The van der Waals surface area contributed by atoms with Crippen molar-refractivity contribution in [1.82, 2.24) is 15.5 Å². The Bertz CT molecular complexity index is 537. The smallest absolute Gasteiger partial charge is 0.191 e. The van der Waals surface area contributed by atoms with E-state index >= 15 is 0 Å². The number of nitrogens with one attached hydrogen (secondary N) is 2. The van der Waals surface area contributed by atoms with E-state index in [1.165, 1.54) is 0 Å². The quantitative estimate of drug-likeness (QED) is 0.504. The summed E-state index contributed by atoms with van der Waals surface area (Å²) in [6, 6.07) is 3.91. The molecule has 1 fully saturated rings. The van der Waals surface area contributed by atoms with Gasteiger partial charge in [-0.2, -0.15) is 0 Å². The van der Waals surface area contributed by atoms with E-state index in [9.17, 15) is 5.11 Å². The molecule has 142 valence electrons. The van der Waals surface area contributed by atoms with E-state index in [1.807, 2.05) is 31.4 Å². The Morgan fingerprint density at radius 3 is 2.64 bits per heavy atom. The van der Waals surface area contributed by atoms with Gasteiger partial charge >= 0.3 is 0 Å². The zero-order valence-corrected chi connectivity index (χ0v) is 16.7. The molecule has 0 aliphatic carbocycles. The normalized spacial score (nSPS) is 19.5. The van der Waals surface area contributed by atoms with Crippen molar-refractivity contribution in [2.24, 2.45) is 4.99 Å². The van der Waals surface area contributed by atoms with Crippen LogP contribution in [-0.2, 0) is 10.3 Å². The van der Waals surface area contributed by atoms with E-state index in [0.717, 1.165) is 43.7 Å². The van der Waals surface area contributed by atoms with Crippen LogP contribution in [0.5, 0.6) is 0 Å². The second-order valence-corrected chi connectivity index (χ2v) is 8.16. The van der Waals surface area contributed by atoms with Gasteiger partial charge in [-0.1, -0.05) is 6.07 Å². The van der Waals surface area contributed by atoms with Crippen molar-refractivity contribution >= 4 is 17.3 Å². The molecular weight excluding hydrogens is 336 g/mol. The predicted molar refractivity (Wildman–Crippen MR) is 104 cm³/mol. The molecule has 2 rings (SSSR count). The Morgan fingerprint density at radius 1 is 1.32 bits per heavy atom. The highest BCUT2D eigenvalue weighted by Crippen LogP contribution is 2.24. The summed E-state index contributed by atoms with van der Waals surface area (Å²) in [6.45, 7) is 13.6. The average molecular weight is 369 g/mol. The molecule has 0 amide bonds.